The maximum atomic E-state index is 11.1. The highest BCUT2D eigenvalue weighted by atomic mass is 79.9. The van der Waals surface area contributed by atoms with Gasteiger partial charge in [0.2, 0.25) is 5.82 Å². The van der Waals surface area contributed by atoms with Crippen molar-refractivity contribution in [3.63, 3.8) is 0 Å². The highest BCUT2D eigenvalue weighted by molar-refractivity contribution is 9.11. The molecule has 22 heavy (non-hydrogen) atoms. The van der Waals surface area contributed by atoms with Crippen LogP contribution in [0.5, 0.6) is 0 Å². The number of anilines is 1. The van der Waals surface area contributed by atoms with Crippen LogP contribution in [0, 0.1) is 28.4 Å². The Bertz CT molecular complexity index is 796. The first kappa shape index (κ1) is 16.1. The molecule has 0 amide bonds. The Morgan fingerprint density at radius 2 is 2.27 bits per heavy atom. The fraction of sp³-hybridized carbons (Fsp3) is 0.0909. The van der Waals surface area contributed by atoms with Crippen molar-refractivity contribution < 1.29 is 4.92 Å². The number of allylic oxidation sites excluding steroid dienone is 1. The van der Waals surface area contributed by atoms with Crippen molar-refractivity contribution in [1.29, 1.82) is 5.26 Å². The molecular weight excluding hydrogens is 422 g/mol. The zero-order valence-electron chi connectivity index (χ0n) is 11.0. The molecule has 2 rings (SSSR count). The highest BCUT2D eigenvalue weighted by Gasteiger charge is 2.21. The molecule has 0 aliphatic heterocycles. The van der Waals surface area contributed by atoms with E-state index >= 15 is 0 Å². The predicted octanol–water partition coefficient (Wildman–Crippen LogP) is 2.92. The van der Waals surface area contributed by atoms with E-state index < -0.39 is 4.92 Å². The third-order valence-electron chi connectivity index (χ3n) is 2.70. The first-order valence-electron chi connectivity index (χ1n) is 5.69. The molecule has 0 aliphatic carbocycles. The van der Waals surface area contributed by atoms with Crippen LogP contribution in [0.4, 0.5) is 11.4 Å². The van der Waals surface area contributed by atoms with Crippen molar-refractivity contribution in [2.45, 2.75) is 6.92 Å². The van der Waals surface area contributed by atoms with Crippen molar-refractivity contribution in [1.82, 2.24) is 20.6 Å². The summed E-state index contributed by atoms with van der Waals surface area (Å²) < 4.78 is 0.958. The summed E-state index contributed by atoms with van der Waals surface area (Å²) in [4.78, 5) is 10.6. The fourth-order valence-electron chi connectivity index (χ4n) is 1.70. The molecule has 0 saturated heterocycles. The fourth-order valence-corrected chi connectivity index (χ4v) is 3.32. The summed E-state index contributed by atoms with van der Waals surface area (Å²) in [5, 5.41) is 36.1. The molecule has 0 unspecified atom stereocenters. The van der Waals surface area contributed by atoms with Crippen LogP contribution in [0.25, 0.3) is 5.57 Å². The third-order valence-corrected chi connectivity index (χ3v) is 3.93. The lowest BCUT2D eigenvalue weighted by Gasteiger charge is -2.10. The minimum Gasteiger partial charge on any atom is -0.359 e. The Labute approximate surface area is 140 Å². The van der Waals surface area contributed by atoms with Gasteiger partial charge in [0.05, 0.1) is 20.6 Å². The zero-order valence-corrected chi connectivity index (χ0v) is 14.1. The van der Waals surface area contributed by atoms with E-state index in [2.05, 4.69) is 57.8 Å². The molecule has 112 valence electrons. The van der Waals surface area contributed by atoms with E-state index in [9.17, 15) is 10.1 Å². The standard InChI is InChI=1S/C11H7Br2N7O2/c1-5-9(7(12)2-8(13)10(5)20(21)22)15-4-6(3-14)11-16-18-19-17-11/h2,4,15H,1H3,(H,16,17,18,19). The molecule has 2 aromatic rings. The molecule has 0 aliphatic rings. The summed E-state index contributed by atoms with van der Waals surface area (Å²) in [5.74, 6) is 0.121. The van der Waals surface area contributed by atoms with Crippen LogP contribution in [-0.4, -0.2) is 25.5 Å². The molecule has 0 fully saturated rings. The lowest BCUT2D eigenvalue weighted by molar-refractivity contribution is -0.386. The van der Waals surface area contributed by atoms with Crippen LogP contribution in [0.3, 0.4) is 0 Å². The number of nitrogens with zero attached hydrogens (tertiary/aromatic N) is 5. The Kier molecular flexibility index (Phi) is 4.84. The molecule has 1 heterocycles. The first-order chi connectivity index (χ1) is 10.5. The highest BCUT2D eigenvalue weighted by Crippen LogP contribution is 2.39. The van der Waals surface area contributed by atoms with Gasteiger partial charge in [-0.15, -0.1) is 10.2 Å². The van der Waals surface area contributed by atoms with Gasteiger partial charge in [0.15, 0.2) is 0 Å². The molecule has 2 N–H and O–H groups in total. The average molecular weight is 429 g/mol. The van der Waals surface area contributed by atoms with E-state index in [0.29, 0.717) is 20.2 Å². The van der Waals surface area contributed by atoms with Crippen LogP contribution >= 0.6 is 31.9 Å². The second-order valence-electron chi connectivity index (χ2n) is 4.00. The van der Waals surface area contributed by atoms with E-state index in [0.717, 1.165) is 0 Å². The second kappa shape index (κ2) is 6.63. The van der Waals surface area contributed by atoms with E-state index in [1.54, 1.807) is 13.0 Å². The van der Waals surface area contributed by atoms with Crippen LogP contribution in [0.15, 0.2) is 21.2 Å². The topological polar surface area (TPSA) is 133 Å². The monoisotopic (exact) mass is 427 g/mol. The van der Waals surface area contributed by atoms with E-state index in [1.807, 2.05) is 6.07 Å². The Balaban J connectivity index is 2.44. The van der Waals surface area contributed by atoms with Crippen molar-refractivity contribution in [2.24, 2.45) is 0 Å². The maximum Gasteiger partial charge on any atom is 0.288 e. The summed E-state index contributed by atoms with van der Waals surface area (Å²) in [6.07, 6.45) is 1.36. The zero-order chi connectivity index (χ0) is 16.3. The molecule has 0 bridgehead atoms. The van der Waals surface area contributed by atoms with Crippen molar-refractivity contribution >= 4 is 48.8 Å². The van der Waals surface area contributed by atoms with Gasteiger partial charge in [-0.25, -0.2) is 0 Å². The smallest absolute Gasteiger partial charge is 0.288 e. The number of tetrazole rings is 1. The van der Waals surface area contributed by atoms with Crippen LogP contribution in [0.1, 0.15) is 11.4 Å². The lowest BCUT2D eigenvalue weighted by Crippen LogP contribution is -2.00. The number of hydrogen-bond donors (Lipinski definition) is 2. The quantitative estimate of drug-likeness (QED) is 0.434. The van der Waals surface area contributed by atoms with Gasteiger partial charge in [-0.2, -0.15) is 10.5 Å². The van der Waals surface area contributed by atoms with Gasteiger partial charge in [-0.1, -0.05) is 0 Å². The Morgan fingerprint density at radius 1 is 1.55 bits per heavy atom. The maximum absolute atomic E-state index is 11.1. The molecule has 0 spiro atoms. The summed E-state index contributed by atoms with van der Waals surface area (Å²) in [5.41, 5.74) is 0.946. The Morgan fingerprint density at radius 3 is 2.82 bits per heavy atom. The van der Waals surface area contributed by atoms with E-state index in [-0.39, 0.29) is 17.1 Å². The van der Waals surface area contributed by atoms with Crippen molar-refractivity contribution in [3.05, 3.63) is 42.7 Å². The average Bonchev–Trinajstić information content (AvgIpc) is 2.95. The largest absolute Gasteiger partial charge is 0.359 e. The number of H-pyrrole nitrogens is 1. The number of nitro groups is 1. The first-order valence-corrected chi connectivity index (χ1v) is 7.28. The second-order valence-corrected chi connectivity index (χ2v) is 5.70. The molecule has 1 aromatic heterocycles. The number of rotatable bonds is 4. The molecule has 9 nitrogen and oxygen atoms in total. The summed E-state index contributed by atoms with van der Waals surface area (Å²) >= 11 is 6.48. The number of benzene rings is 1. The van der Waals surface area contributed by atoms with Gasteiger partial charge in [-0.3, -0.25) is 10.1 Å². The van der Waals surface area contributed by atoms with Gasteiger partial charge < -0.3 is 5.32 Å². The number of nitriles is 1. The number of hydrogen-bond acceptors (Lipinski definition) is 7. The molecule has 0 atom stereocenters. The number of nitro benzene ring substituents is 1. The van der Waals surface area contributed by atoms with Crippen molar-refractivity contribution in [2.75, 3.05) is 5.32 Å². The predicted molar refractivity (Wildman–Crippen MR) is 84.6 cm³/mol. The molecule has 11 heteroatoms. The van der Waals surface area contributed by atoms with Gasteiger partial charge >= 0.3 is 0 Å². The van der Waals surface area contributed by atoms with Crippen LogP contribution in [-0.2, 0) is 0 Å². The molecular formula is C11H7Br2N7O2. The molecule has 1 aromatic carbocycles. The number of nitrogens with one attached hydrogen (secondary N) is 2. The van der Waals surface area contributed by atoms with Gasteiger partial charge in [0.1, 0.15) is 11.6 Å². The number of aromatic amines is 1. The normalized spacial score (nSPS) is 11.1. The summed E-state index contributed by atoms with van der Waals surface area (Å²) in [6.45, 7) is 1.60. The molecule has 0 radical (unpaired) electrons. The van der Waals surface area contributed by atoms with Gasteiger partial charge in [0, 0.05) is 10.7 Å². The van der Waals surface area contributed by atoms with Crippen LogP contribution < -0.4 is 5.32 Å². The minimum absolute atomic E-state index is 0.0582. The minimum atomic E-state index is -0.481. The SMILES string of the molecule is Cc1c(NC=C(C#N)c2nn[nH]n2)c(Br)cc(Br)c1[N+](=O)[O-]. The number of halogens is 2. The summed E-state index contributed by atoms with van der Waals surface area (Å²) in [7, 11) is 0. The van der Waals surface area contributed by atoms with Crippen LogP contribution in [0.2, 0.25) is 0 Å². The van der Waals surface area contributed by atoms with E-state index in [4.69, 9.17) is 5.26 Å². The third kappa shape index (κ3) is 3.12. The van der Waals surface area contributed by atoms with Crippen molar-refractivity contribution in [3.8, 4) is 6.07 Å². The van der Waals surface area contributed by atoms with Gasteiger partial charge in [-0.05, 0) is 50.1 Å². The lowest BCUT2D eigenvalue weighted by atomic mass is 10.1. The summed E-state index contributed by atoms with van der Waals surface area (Å²) in [6, 6.07) is 3.47. The number of aromatic nitrogens is 4. The van der Waals surface area contributed by atoms with Gasteiger partial charge in [0.25, 0.3) is 5.69 Å². The molecule has 0 saturated carbocycles. The van der Waals surface area contributed by atoms with E-state index in [1.165, 1.54) is 6.20 Å². The Hall–Kier alpha value is -2.32.